The summed E-state index contributed by atoms with van der Waals surface area (Å²) in [6.45, 7) is 4.93. The number of rotatable bonds is 4. The molecule has 0 atom stereocenters. The van der Waals surface area contributed by atoms with Crippen LogP contribution in [0.25, 0.3) is 16.9 Å². The van der Waals surface area contributed by atoms with Gasteiger partial charge in [0.05, 0.1) is 11.4 Å². The molecule has 21 heavy (non-hydrogen) atoms. The normalized spacial score (nSPS) is 11.2. The van der Waals surface area contributed by atoms with Crippen LogP contribution in [0, 0.1) is 13.8 Å². The molecule has 3 heteroatoms. The van der Waals surface area contributed by atoms with Crippen LogP contribution >= 0.6 is 0 Å². The van der Waals surface area contributed by atoms with Crippen LogP contribution in [0.4, 0.5) is 0 Å². The minimum absolute atomic E-state index is 0.701. The van der Waals surface area contributed by atoms with Crippen molar-refractivity contribution in [1.82, 2.24) is 9.38 Å². The van der Waals surface area contributed by atoms with Gasteiger partial charge in [-0.3, -0.25) is 0 Å². The van der Waals surface area contributed by atoms with Crippen LogP contribution in [0.3, 0.4) is 0 Å². The monoisotopic (exact) mass is 279 g/mol. The summed E-state index contributed by atoms with van der Waals surface area (Å²) in [4.78, 5) is 4.85. The molecule has 3 aromatic rings. The number of aryl methyl sites for hydroxylation is 3. The Morgan fingerprint density at radius 3 is 2.52 bits per heavy atom. The van der Waals surface area contributed by atoms with Crippen LogP contribution in [0.15, 0.2) is 42.5 Å². The molecular weight excluding hydrogens is 258 g/mol. The molecule has 0 aliphatic carbocycles. The fraction of sp³-hybridized carbons (Fsp3) is 0.278. The van der Waals surface area contributed by atoms with Gasteiger partial charge < -0.3 is 10.1 Å². The van der Waals surface area contributed by atoms with E-state index in [-0.39, 0.29) is 0 Å². The average Bonchev–Trinajstić information content (AvgIpc) is 2.86. The zero-order valence-corrected chi connectivity index (χ0v) is 12.6. The minimum Gasteiger partial charge on any atom is -0.330 e. The molecule has 2 aromatic heterocycles. The van der Waals surface area contributed by atoms with E-state index >= 15 is 0 Å². The van der Waals surface area contributed by atoms with Gasteiger partial charge in [-0.2, -0.15) is 0 Å². The summed E-state index contributed by atoms with van der Waals surface area (Å²) in [6, 6.07) is 14.8. The predicted molar refractivity (Wildman–Crippen MR) is 87.5 cm³/mol. The Bertz CT molecular complexity index is 754. The van der Waals surface area contributed by atoms with E-state index in [1.165, 1.54) is 22.5 Å². The van der Waals surface area contributed by atoms with Crippen LogP contribution < -0.4 is 5.73 Å². The van der Waals surface area contributed by atoms with E-state index in [1.807, 2.05) is 0 Å². The summed E-state index contributed by atoms with van der Waals surface area (Å²) in [6.07, 6.45) is 1.92. The second-order valence-corrected chi connectivity index (χ2v) is 5.53. The average molecular weight is 279 g/mol. The van der Waals surface area contributed by atoms with Crippen molar-refractivity contribution >= 4 is 5.65 Å². The van der Waals surface area contributed by atoms with Gasteiger partial charge in [0, 0.05) is 11.3 Å². The first kappa shape index (κ1) is 13.8. The van der Waals surface area contributed by atoms with E-state index in [0.29, 0.717) is 6.54 Å². The molecule has 0 radical (unpaired) electrons. The highest BCUT2D eigenvalue weighted by atomic mass is 15.0. The van der Waals surface area contributed by atoms with E-state index < -0.39 is 0 Å². The van der Waals surface area contributed by atoms with Gasteiger partial charge in [-0.05, 0) is 45.4 Å². The van der Waals surface area contributed by atoms with Crippen molar-refractivity contribution in [3.05, 3.63) is 59.4 Å². The van der Waals surface area contributed by atoms with Crippen molar-refractivity contribution in [2.24, 2.45) is 5.73 Å². The number of nitrogens with two attached hydrogens (primary N) is 1. The van der Waals surface area contributed by atoms with Crippen molar-refractivity contribution in [2.75, 3.05) is 6.54 Å². The number of pyridine rings is 1. The third-order valence-electron chi connectivity index (χ3n) is 3.88. The van der Waals surface area contributed by atoms with Gasteiger partial charge in [-0.15, -0.1) is 0 Å². The number of benzene rings is 1. The molecule has 2 N–H and O–H groups in total. The lowest BCUT2D eigenvalue weighted by Crippen LogP contribution is -2.04. The SMILES string of the molecule is Cc1ccc(-c2nc3cccc(C)n3c2CCCN)cc1. The van der Waals surface area contributed by atoms with Crippen LogP contribution in [0.1, 0.15) is 23.4 Å². The van der Waals surface area contributed by atoms with Gasteiger partial charge in [0.1, 0.15) is 5.65 Å². The Morgan fingerprint density at radius 1 is 1.05 bits per heavy atom. The maximum Gasteiger partial charge on any atom is 0.137 e. The Labute approximate surface area is 125 Å². The topological polar surface area (TPSA) is 43.3 Å². The lowest BCUT2D eigenvalue weighted by atomic mass is 10.1. The summed E-state index contributed by atoms with van der Waals surface area (Å²) < 4.78 is 2.25. The van der Waals surface area contributed by atoms with Gasteiger partial charge in [-0.1, -0.05) is 35.9 Å². The molecule has 0 fully saturated rings. The number of fused-ring (bicyclic) bond motifs is 1. The van der Waals surface area contributed by atoms with Gasteiger partial charge in [0.25, 0.3) is 0 Å². The molecule has 0 spiro atoms. The van der Waals surface area contributed by atoms with Crippen LogP contribution in [-0.4, -0.2) is 15.9 Å². The predicted octanol–water partition coefficient (Wildman–Crippen LogP) is 3.51. The molecule has 0 amide bonds. The molecule has 108 valence electrons. The van der Waals surface area contributed by atoms with Crippen molar-refractivity contribution < 1.29 is 0 Å². The van der Waals surface area contributed by atoms with E-state index in [0.717, 1.165) is 24.2 Å². The van der Waals surface area contributed by atoms with Crippen LogP contribution in [0.2, 0.25) is 0 Å². The molecule has 2 heterocycles. The molecule has 0 bridgehead atoms. The molecule has 0 saturated heterocycles. The molecule has 1 aromatic carbocycles. The number of imidazole rings is 1. The van der Waals surface area contributed by atoms with Gasteiger partial charge in [0.15, 0.2) is 0 Å². The highest BCUT2D eigenvalue weighted by Crippen LogP contribution is 2.26. The Balaban J connectivity index is 2.21. The highest BCUT2D eigenvalue weighted by molar-refractivity contribution is 5.67. The first-order valence-corrected chi connectivity index (χ1v) is 7.45. The van der Waals surface area contributed by atoms with Crippen molar-refractivity contribution in [3.63, 3.8) is 0 Å². The zero-order valence-electron chi connectivity index (χ0n) is 12.6. The van der Waals surface area contributed by atoms with E-state index in [4.69, 9.17) is 10.7 Å². The lowest BCUT2D eigenvalue weighted by molar-refractivity contribution is 0.798. The van der Waals surface area contributed by atoms with Gasteiger partial charge >= 0.3 is 0 Å². The molecule has 0 aliphatic rings. The fourth-order valence-electron chi connectivity index (χ4n) is 2.77. The minimum atomic E-state index is 0.701. The third-order valence-corrected chi connectivity index (χ3v) is 3.88. The van der Waals surface area contributed by atoms with Crippen molar-refractivity contribution in [1.29, 1.82) is 0 Å². The number of aromatic nitrogens is 2. The second-order valence-electron chi connectivity index (χ2n) is 5.53. The Morgan fingerprint density at radius 2 is 1.81 bits per heavy atom. The zero-order chi connectivity index (χ0) is 14.8. The molecule has 0 unspecified atom stereocenters. The maximum atomic E-state index is 5.71. The highest BCUT2D eigenvalue weighted by Gasteiger charge is 2.14. The van der Waals surface area contributed by atoms with E-state index in [9.17, 15) is 0 Å². The first-order chi connectivity index (χ1) is 10.2. The quantitative estimate of drug-likeness (QED) is 0.794. The smallest absolute Gasteiger partial charge is 0.137 e. The van der Waals surface area contributed by atoms with Crippen molar-refractivity contribution in [2.45, 2.75) is 26.7 Å². The Hall–Kier alpha value is -2.13. The van der Waals surface area contributed by atoms with Gasteiger partial charge in [0.2, 0.25) is 0 Å². The molecule has 3 nitrogen and oxygen atoms in total. The summed E-state index contributed by atoms with van der Waals surface area (Å²) in [7, 11) is 0. The first-order valence-electron chi connectivity index (χ1n) is 7.45. The fourth-order valence-corrected chi connectivity index (χ4v) is 2.77. The maximum absolute atomic E-state index is 5.71. The lowest BCUT2D eigenvalue weighted by Gasteiger charge is -2.07. The molecule has 3 rings (SSSR count). The number of hydrogen-bond donors (Lipinski definition) is 1. The summed E-state index contributed by atoms with van der Waals surface area (Å²) in [5, 5.41) is 0. The number of hydrogen-bond acceptors (Lipinski definition) is 2. The van der Waals surface area contributed by atoms with Crippen molar-refractivity contribution in [3.8, 4) is 11.3 Å². The second kappa shape index (κ2) is 5.70. The Kier molecular flexibility index (Phi) is 3.76. The van der Waals surface area contributed by atoms with Crippen LogP contribution in [0.5, 0.6) is 0 Å². The summed E-state index contributed by atoms with van der Waals surface area (Å²) >= 11 is 0. The molecule has 0 aliphatic heterocycles. The van der Waals surface area contributed by atoms with Gasteiger partial charge in [-0.25, -0.2) is 4.98 Å². The third kappa shape index (κ3) is 2.57. The number of nitrogens with zero attached hydrogens (tertiary/aromatic N) is 2. The summed E-state index contributed by atoms with van der Waals surface area (Å²) in [5.41, 5.74) is 12.7. The summed E-state index contributed by atoms with van der Waals surface area (Å²) in [5.74, 6) is 0. The van der Waals surface area contributed by atoms with E-state index in [2.05, 4.69) is 60.7 Å². The van der Waals surface area contributed by atoms with Crippen LogP contribution in [-0.2, 0) is 6.42 Å². The molecule has 0 saturated carbocycles. The molecular formula is C18H21N3. The van der Waals surface area contributed by atoms with E-state index in [1.54, 1.807) is 0 Å². The standard InChI is InChI=1S/C18H21N3/c1-13-8-10-15(11-9-13)18-16(6-4-12-19)21-14(2)5-3-7-17(21)20-18/h3,5,7-11H,4,6,12,19H2,1-2H3. The largest absolute Gasteiger partial charge is 0.330 e.